The maximum atomic E-state index is 6.45. The fraction of sp³-hybridized carbons (Fsp3) is 0.273. The summed E-state index contributed by atoms with van der Waals surface area (Å²) in [7, 11) is -0.150. The van der Waals surface area contributed by atoms with Crippen molar-refractivity contribution in [1.29, 1.82) is 0 Å². The molecule has 2 heterocycles. The Morgan fingerprint density at radius 3 is 2.15 bits per heavy atom. The Balaban J connectivity index is 1.83. The minimum atomic E-state index is -0.258. The van der Waals surface area contributed by atoms with Gasteiger partial charge in [0.05, 0.1) is 5.60 Å². The molecule has 1 N–H and O–H groups in total. The van der Waals surface area contributed by atoms with Crippen LogP contribution in [0.3, 0.4) is 0 Å². The van der Waals surface area contributed by atoms with Crippen LogP contribution in [0.4, 0.5) is 0 Å². The van der Waals surface area contributed by atoms with Gasteiger partial charge in [-0.1, -0.05) is 48.5 Å². The third-order valence-electron chi connectivity index (χ3n) is 6.11. The van der Waals surface area contributed by atoms with Gasteiger partial charge in [0.25, 0.3) is 0 Å². The molecule has 3 nitrogen and oxygen atoms in total. The highest BCUT2D eigenvalue weighted by Crippen LogP contribution is 2.36. The van der Waals surface area contributed by atoms with Crippen LogP contribution in [-0.2, 0) is 4.65 Å². The second-order valence-electron chi connectivity index (χ2n) is 8.26. The highest BCUT2D eigenvalue weighted by molar-refractivity contribution is 6.69. The van der Waals surface area contributed by atoms with E-state index in [0.717, 1.165) is 27.3 Å². The van der Waals surface area contributed by atoms with Gasteiger partial charge < -0.3 is 14.3 Å². The van der Waals surface area contributed by atoms with Crippen LogP contribution in [0.5, 0.6) is 0 Å². The van der Waals surface area contributed by atoms with Crippen molar-refractivity contribution in [3.8, 4) is 0 Å². The summed E-state index contributed by atoms with van der Waals surface area (Å²) in [6.07, 6.45) is 0. The Morgan fingerprint density at radius 2 is 1.46 bits per heavy atom. The number of fused-ring (bicyclic) bond motifs is 5. The van der Waals surface area contributed by atoms with Gasteiger partial charge in [-0.25, -0.2) is 0 Å². The number of nitrogens with one attached hydrogen (secondary N) is 1. The number of hydrogen-bond donors (Lipinski definition) is 1. The second kappa shape index (κ2) is 5.12. The summed E-state index contributed by atoms with van der Waals surface area (Å²) in [5.41, 5.74) is 2.66. The molecule has 1 aliphatic rings. The summed E-state index contributed by atoms with van der Waals surface area (Å²) in [5.74, 6) is 0. The molecule has 1 aliphatic heterocycles. The number of para-hydroxylation sites is 1. The van der Waals surface area contributed by atoms with Crippen molar-refractivity contribution in [2.75, 3.05) is 0 Å². The van der Waals surface area contributed by atoms with E-state index in [1.54, 1.807) is 0 Å². The molecule has 1 aromatic heterocycles. The van der Waals surface area contributed by atoms with Crippen LogP contribution in [0, 0.1) is 0 Å². The Labute approximate surface area is 153 Å². The molecule has 4 aromatic rings. The molecule has 5 rings (SSSR count). The van der Waals surface area contributed by atoms with E-state index in [1.807, 2.05) is 12.1 Å². The van der Waals surface area contributed by atoms with Gasteiger partial charge in [-0.05, 0) is 44.6 Å². The van der Waals surface area contributed by atoms with Crippen LogP contribution in [0.2, 0.25) is 0 Å². The largest absolute Gasteiger partial charge is 0.455 e. The van der Waals surface area contributed by atoms with Gasteiger partial charge >= 0.3 is 7.05 Å². The Bertz CT molecular complexity index is 1140. The molecule has 4 heteroatoms. The Kier molecular flexibility index (Phi) is 3.14. The van der Waals surface area contributed by atoms with Gasteiger partial charge in [-0.3, -0.25) is 0 Å². The zero-order valence-electron chi connectivity index (χ0n) is 15.6. The summed E-state index contributed by atoms with van der Waals surface area (Å²) < 4.78 is 12.7. The molecule has 3 aromatic carbocycles. The molecular formula is C22H22BNO2. The first-order valence-corrected chi connectivity index (χ1v) is 9.16. The van der Waals surface area contributed by atoms with Gasteiger partial charge in [0.1, 0.15) is 11.2 Å². The lowest BCUT2D eigenvalue weighted by Gasteiger charge is -2.33. The van der Waals surface area contributed by atoms with Gasteiger partial charge in [-0.15, -0.1) is 0 Å². The molecule has 0 radical (unpaired) electrons. The maximum Gasteiger partial charge on any atom is 0.417 e. The summed E-state index contributed by atoms with van der Waals surface area (Å²) in [6, 6.07) is 18.9. The van der Waals surface area contributed by atoms with Crippen molar-refractivity contribution in [1.82, 2.24) is 5.23 Å². The molecule has 26 heavy (non-hydrogen) atoms. The minimum absolute atomic E-state index is 0.119. The van der Waals surface area contributed by atoms with E-state index in [2.05, 4.69) is 75.4 Å². The van der Waals surface area contributed by atoms with E-state index in [-0.39, 0.29) is 18.2 Å². The predicted molar refractivity (Wildman–Crippen MR) is 109 cm³/mol. The summed E-state index contributed by atoms with van der Waals surface area (Å²) in [6.45, 7) is 8.68. The van der Waals surface area contributed by atoms with E-state index in [9.17, 15) is 0 Å². The van der Waals surface area contributed by atoms with Crippen LogP contribution in [0.25, 0.3) is 32.7 Å². The average molecular weight is 343 g/mol. The molecule has 130 valence electrons. The van der Waals surface area contributed by atoms with Crippen molar-refractivity contribution in [2.24, 2.45) is 0 Å². The number of hydrogen-bond acceptors (Lipinski definition) is 3. The molecule has 0 atom stereocenters. The number of benzene rings is 3. The SMILES string of the molecule is CC1(C)NB(c2cc3c4ccccc4oc3c3ccccc23)OC1(C)C. The third-order valence-corrected chi connectivity index (χ3v) is 6.11. The van der Waals surface area contributed by atoms with Crippen molar-refractivity contribution in [2.45, 2.75) is 38.8 Å². The van der Waals surface area contributed by atoms with E-state index in [1.165, 1.54) is 10.8 Å². The van der Waals surface area contributed by atoms with Crippen LogP contribution < -0.4 is 10.7 Å². The minimum Gasteiger partial charge on any atom is -0.455 e. The highest BCUT2D eigenvalue weighted by atomic mass is 16.5. The topological polar surface area (TPSA) is 34.4 Å². The Hall–Kier alpha value is -2.30. The number of furan rings is 1. The van der Waals surface area contributed by atoms with Gasteiger partial charge in [0.15, 0.2) is 0 Å². The molecule has 0 saturated carbocycles. The molecule has 0 bridgehead atoms. The van der Waals surface area contributed by atoms with Crippen molar-refractivity contribution in [3.63, 3.8) is 0 Å². The van der Waals surface area contributed by atoms with Crippen molar-refractivity contribution >= 4 is 45.2 Å². The van der Waals surface area contributed by atoms with E-state index >= 15 is 0 Å². The summed E-state index contributed by atoms with van der Waals surface area (Å²) in [4.78, 5) is 0. The second-order valence-corrected chi connectivity index (χ2v) is 8.26. The molecule has 0 amide bonds. The maximum absolute atomic E-state index is 6.45. The van der Waals surface area contributed by atoms with Gasteiger partial charge in [0, 0.05) is 21.7 Å². The van der Waals surface area contributed by atoms with E-state index in [0.29, 0.717) is 0 Å². The normalized spacial score (nSPS) is 19.0. The monoisotopic (exact) mass is 343 g/mol. The first-order valence-electron chi connectivity index (χ1n) is 9.16. The Morgan fingerprint density at radius 1 is 0.808 bits per heavy atom. The van der Waals surface area contributed by atoms with Gasteiger partial charge in [-0.2, -0.15) is 0 Å². The summed E-state index contributed by atoms with van der Waals surface area (Å²) >= 11 is 0. The van der Waals surface area contributed by atoms with Crippen molar-refractivity contribution in [3.05, 3.63) is 54.6 Å². The molecule has 1 saturated heterocycles. The molecule has 0 unspecified atom stereocenters. The highest BCUT2D eigenvalue weighted by Gasteiger charge is 2.50. The first kappa shape index (κ1) is 15.9. The van der Waals surface area contributed by atoms with Crippen LogP contribution in [0.15, 0.2) is 59.0 Å². The smallest absolute Gasteiger partial charge is 0.417 e. The zero-order valence-corrected chi connectivity index (χ0v) is 15.6. The van der Waals surface area contributed by atoms with E-state index in [4.69, 9.17) is 9.07 Å². The quantitative estimate of drug-likeness (QED) is 0.513. The average Bonchev–Trinajstić information content (AvgIpc) is 3.08. The predicted octanol–water partition coefficient (Wildman–Crippen LogP) is 4.61. The van der Waals surface area contributed by atoms with Crippen molar-refractivity contribution < 1.29 is 9.07 Å². The standard InChI is InChI=1S/C22H22BNO2/c1-21(2)22(3,4)26-23(24-21)18-13-17-15-10-7-8-12-19(15)25-20(17)16-11-6-5-9-14(16)18/h5-13,24H,1-4H3. The zero-order chi connectivity index (χ0) is 18.1. The van der Waals surface area contributed by atoms with Crippen LogP contribution >= 0.6 is 0 Å². The molecule has 1 fully saturated rings. The van der Waals surface area contributed by atoms with E-state index < -0.39 is 0 Å². The fourth-order valence-corrected chi connectivity index (χ4v) is 3.91. The third kappa shape index (κ3) is 2.09. The molecular weight excluding hydrogens is 321 g/mol. The lowest BCUT2D eigenvalue weighted by Crippen LogP contribution is -2.51. The van der Waals surface area contributed by atoms with Crippen LogP contribution in [0.1, 0.15) is 27.7 Å². The fourth-order valence-electron chi connectivity index (χ4n) is 3.91. The van der Waals surface area contributed by atoms with Gasteiger partial charge in [0.2, 0.25) is 0 Å². The van der Waals surface area contributed by atoms with Crippen LogP contribution in [-0.4, -0.2) is 18.2 Å². The molecule has 0 aliphatic carbocycles. The first-order chi connectivity index (χ1) is 12.4. The lowest BCUT2D eigenvalue weighted by atomic mass is 9.70. The lowest BCUT2D eigenvalue weighted by molar-refractivity contribution is 0.0750. The number of rotatable bonds is 1. The summed E-state index contributed by atoms with van der Waals surface area (Å²) in [5, 5.41) is 8.27. The molecule has 0 spiro atoms.